The molecule has 0 saturated carbocycles. The van der Waals surface area contributed by atoms with Crippen LogP contribution in [0.25, 0.3) is 11.1 Å². The lowest BCUT2D eigenvalue weighted by molar-refractivity contribution is -0.135. The Morgan fingerprint density at radius 1 is 1.17 bits per heavy atom. The number of furan rings is 1. The minimum atomic E-state index is -1.10. The van der Waals surface area contributed by atoms with Gasteiger partial charge in [0.1, 0.15) is 6.54 Å². The van der Waals surface area contributed by atoms with Crippen molar-refractivity contribution in [2.75, 3.05) is 6.54 Å². The van der Waals surface area contributed by atoms with Gasteiger partial charge in [-0.3, -0.25) is 9.59 Å². The van der Waals surface area contributed by atoms with Gasteiger partial charge in [-0.25, -0.2) is 0 Å². The number of rotatable bonds is 4. The lowest BCUT2D eigenvalue weighted by atomic mass is 10.1. The summed E-state index contributed by atoms with van der Waals surface area (Å²) in [4.78, 5) is 22.1. The maximum absolute atomic E-state index is 11.7. The van der Waals surface area contributed by atoms with E-state index in [0.29, 0.717) is 5.56 Å². The minimum absolute atomic E-state index is 0.113. The normalized spacial score (nSPS) is 10.0. The molecule has 0 aliphatic rings. The fourth-order valence-corrected chi connectivity index (χ4v) is 1.57. The summed E-state index contributed by atoms with van der Waals surface area (Å²) in [5.41, 5.74) is 1.48. The van der Waals surface area contributed by atoms with Crippen molar-refractivity contribution < 1.29 is 19.1 Å². The van der Waals surface area contributed by atoms with Crippen LogP contribution in [0.4, 0.5) is 0 Å². The second kappa shape index (κ2) is 5.18. The number of benzene rings is 1. The van der Waals surface area contributed by atoms with Crippen molar-refractivity contribution in [2.24, 2.45) is 0 Å². The molecule has 1 amide bonds. The van der Waals surface area contributed by atoms with E-state index in [0.717, 1.165) is 5.56 Å². The third kappa shape index (κ3) is 2.57. The molecular formula is C13H11NO4. The largest absolute Gasteiger partial charge is 0.480 e. The van der Waals surface area contributed by atoms with E-state index in [1.807, 2.05) is 30.3 Å². The van der Waals surface area contributed by atoms with Gasteiger partial charge in [-0.05, 0) is 11.6 Å². The van der Waals surface area contributed by atoms with Crippen molar-refractivity contribution in [3.63, 3.8) is 0 Å². The molecule has 0 radical (unpaired) electrons. The van der Waals surface area contributed by atoms with Crippen LogP contribution in [-0.4, -0.2) is 23.5 Å². The Hall–Kier alpha value is -2.56. The molecule has 92 valence electrons. The van der Waals surface area contributed by atoms with E-state index in [-0.39, 0.29) is 5.76 Å². The zero-order valence-electron chi connectivity index (χ0n) is 9.42. The first kappa shape index (κ1) is 11.9. The Bertz CT molecular complexity index is 559. The molecule has 1 heterocycles. The van der Waals surface area contributed by atoms with Gasteiger partial charge in [0.25, 0.3) is 5.91 Å². The highest BCUT2D eigenvalue weighted by molar-refractivity contribution is 5.99. The van der Waals surface area contributed by atoms with E-state index in [1.54, 1.807) is 6.07 Å². The molecule has 0 atom stereocenters. The standard InChI is InChI=1S/C13H11NO4/c15-11(16)8-14-13(17)12-10(6-7-18-12)9-4-2-1-3-5-9/h1-7H,8H2,(H,14,17)(H,15,16). The van der Waals surface area contributed by atoms with Crippen molar-refractivity contribution in [2.45, 2.75) is 0 Å². The van der Waals surface area contributed by atoms with Crippen LogP contribution in [0.2, 0.25) is 0 Å². The zero-order chi connectivity index (χ0) is 13.0. The molecule has 0 unspecified atom stereocenters. The molecule has 2 rings (SSSR count). The predicted molar refractivity (Wildman–Crippen MR) is 64.1 cm³/mol. The first-order valence-corrected chi connectivity index (χ1v) is 5.31. The van der Waals surface area contributed by atoms with Crippen LogP contribution in [0.5, 0.6) is 0 Å². The van der Waals surface area contributed by atoms with Crippen LogP contribution < -0.4 is 5.32 Å². The lowest BCUT2D eigenvalue weighted by Crippen LogP contribution is -2.29. The Labute approximate surface area is 103 Å². The summed E-state index contributed by atoms with van der Waals surface area (Å²) < 4.78 is 5.11. The summed E-state index contributed by atoms with van der Waals surface area (Å²) in [6.07, 6.45) is 1.40. The summed E-state index contributed by atoms with van der Waals surface area (Å²) in [6, 6.07) is 10.9. The number of carbonyl (C=O) groups is 2. The molecule has 0 saturated heterocycles. The monoisotopic (exact) mass is 245 g/mol. The van der Waals surface area contributed by atoms with Crippen molar-refractivity contribution >= 4 is 11.9 Å². The van der Waals surface area contributed by atoms with E-state index in [2.05, 4.69) is 5.32 Å². The van der Waals surface area contributed by atoms with Gasteiger partial charge in [0.2, 0.25) is 0 Å². The maximum atomic E-state index is 11.7. The third-order valence-corrected chi connectivity index (χ3v) is 2.36. The van der Waals surface area contributed by atoms with Crippen molar-refractivity contribution in [1.82, 2.24) is 5.32 Å². The second-order valence-electron chi connectivity index (χ2n) is 3.61. The molecule has 1 aromatic heterocycles. The first-order chi connectivity index (χ1) is 8.68. The summed E-state index contributed by atoms with van der Waals surface area (Å²) in [5, 5.41) is 10.8. The topological polar surface area (TPSA) is 79.5 Å². The Kier molecular flexibility index (Phi) is 3.43. The van der Waals surface area contributed by atoms with Gasteiger partial charge in [0.15, 0.2) is 5.76 Å². The fraction of sp³-hybridized carbons (Fsp3) is 0.0769. The van der Waals surface area contributed by atoms with Crippen molar-refractivity contribution in [3.05, 3.63) is 48.4 Å². The molecular weight excluding hydrogens is 234 g/mol. The minimum Gasteiger partial charge on any atom is -0.480 e. The molecule has 5 heteroatoms. The predicted octanol–water partition coefficient (Wildman–Crippen LogP) is 1.76. The smallest absolute Gasteiger partial charge is 0.322 e. The molecule has 1 aromatic carbocycles. The number of carboxylic acids is 1. The van der Waals surface area contributed by atoms with Crippen molar-refractivity contribution in [1.29, 1.82) is 0 Å². The molecule has 0 spiro atoms. The highest BCUT2D eigenvalue weighted by atomic mass is 16.4. The third-order valence-electron chi connectivity index (χ3n) is 2.36. The van der Waals surface area contributed by atoms with Gasteiger partial charge in [-0.1, -0.05) is 30.3 Å². The average molecular weight is 245 g/mol. The van der Waals surface area contributed by atoms with E-state index < -0.39 is 18.4 Å². The molecule has 2 aromatic rings. The van der Waals surface area contributed by atoms with Gasteiger partial charge in [-0.15, -0.1) is 0 Å². The molecule has 0 aliphatic heterocycles. The molecule has 0 aliphatic carbocycles. The summed E-state index contributed by atoms with van der Waals surface area (Å²) in [7, 11) is 0. The van der Waals surface area contributed by atoms with Gasteiger partial charge >= 0.3 is 5.97 Å². The van der Waals surface area contributed by atoms with E-state index >= 15 is 0 Å². The summed E-state index contributed by atoms with van der Waals surface area (Å²) >= 11 is 0. The van der Waals surface area contributed by atoms with Gasteiger partial charge in [0, 0.05) is 5.56 Å². The van der Waals surface area contributed by atoms with Gasteiger partial charge in [0.05, 0.1) is 6.26 Å². The Morgan fingerprint density at radius 3 is 2.56 bits per heavy atom. The van der Waals surface area contributed by atoms with E-state index in [1.165, 1.54) is 6.26 Å². The van der Waals surface area contributed by atoms with Crippen LogP contribution in [0.1, 0.15) is 10.6 Å². The first-order valence-electron chi connectivity index (χ1n) is 5.31. The Balaban J connectivity index is 2.23. The Morgan fingerprint density at radius 2 is 1.89 bits per heavy atom. The highest BCUT2D eigenvalue weighted by Crippen LogP contribution is 2.24. The summed E-state index contributed by atoms with van der Waals surface area (Å²) in [6.45, 7) is -0.437. The number of hydrogen-bond donors (Lipinski definition) is 2. The highest BCUT2D eigenvalue weighted by Gasteiger charge is 2.16. The summed E-state index contributed by atoms with van der Waals surface area (Å²) in [5.74, 6) is -1.53. The average Bonchev–Trinajstić information content (AvgIpc) is 2.86. The van der Waals surface area contributed by atoms with Crippen LogP contribution in [0.15, 0.2) is 47.1 Å². The van der Waals surface area contributed by atoms with Crippen LogP contribution in [-0.2, 0) is 4.79 Å². The fourth-order valence-electron chi connectivity index (χ4n) is 1.57. The SMILES string of the molecule is O=C(O)CNC(=O)c1occc1-c1ccccc1. The number of amides is 1. The van der Waals surface area contributed by atoms with Gasteiger partial charge in [-0.2, -0.15) is 0 Å². The zero-order valence-corrected chi connectivity index (χ0v) is 9.42. The van der Waals surface area contributed by atoms with Crippen molar-refractivity contribution in [3.8, 4) is 11.1 Å². The van der Waals surface area contributed by atoms with Crippen LogP contribution >= 0.6 is 0 Å². The maximum Gasteiger partial charge on any atom is 0.322 e. The van der Waals surface area contributed by atoms with Crippen LogP contribution in [0, 0.1) is 0 Å². The van der Waals surface area contributed by atoms with Gasteiger partial charge < -0.3 is 14.8 Å². The van der Waals surface area contributed by atoms with E-state index in [4.69, 9.17) is 9.52 Å². The lowest BCUT2D eigenvalue weighted by Gasteiger charge is -2.03. The molecule has 0 bridgehead atoms. The second-order valence-corrected chi connectivity index (χ2v) is 3.61. The molecule has 0 fully saturated rings. The number of aliphatic carboxylic acids is 1. The number of carboxylic acid groups (broad SMARTS) is 1. The molecule has 18 heavy (non-hydrogen) atoms. The number of hydrogen-bond acceptors (Lipinski definition) is 3. The van der Waals surface area contributed by atoms with Crippen LogP contribution in [0.3, 0.4) is 0 Å². The molecule has 2 N–H and O–H groups in total. The number of carbonyl (C=O) groups excluding carboxylic acids is 1. The molecule has 5 nitrogen and oxygen atoms in total. The quantitative estimate of drug-likeness (QED) is 0.860. The van der Waals surface area contributed by atoms with E-state index in [9.17, 15) is 9.59 Å². The number of nitrogens with one attached hydrogen (secondary N) is 1.